The fourth-order valence-electron chi connectivity index (χ4n) is 4.43. The van der Waals surface area contributed by atoms with E-state index in [0.29, 0.717) is 17.5 Å². The maximum Gasteiger partial charge on any atom is 0.323 e. The number of rotatable bonds is 8. The smallest absolute Gasteiger partial charge is 0.323 e. The van der Waals surface area contributed by atoms with Crippen molar-refractivity contribution in [2.45, 2.75) is 77.0 Å². The van der Waals surface area contributed by atoms with Crippen molar-refractivity contribution in [3.05, 3.63) is 29.8 Å². The van der Waals surface area contributed by atoms with E-state index in [1.54, 1.807) is 17.6 Å². The van der Waals surface area contributed by atoms with Crippen LogP contribution in [0.25, 0.3) is 0 Å². The normalized spacial score (nSPS) is 19.1. The lowest BCUT2D eigenvalue weighted by atomic mass is 9.99. The van der Waals surface area contributed by atoms with Gasteiger partial charge >= 0.3 is 5.97 Å². The van der Waals surface area contributed by atoms with Gasteiger partial charge in [0.15, 0.2) is 0 Å². The summed E-state index contributed by atoms with van der Waals surface area (Å²) in [5, 5.41) is 12.3. The molecule has 1 aromatic carbocycles. The number of nitrogens with zero attached hydrogens (tertiary/aromatic N) is 1. The summed E-state index contributed by atoms with van der Waals surface area (Å²) in [5.74, 6) is -0.172. The number of carbonyl (C=O) groups excluding carboxylic acids is 2. The molecular formula is C23H35N3O4. The number of anilines is 1. The maximum absolute atomic E-state index is 12.8. The van der Waals surface area contributed by atoms with E-state index >= 15 is 0 Å². The monoisotopic (exact) mass is 417 g/mol. The van der Waals surface area contributed by atoms with Crippen molar-refractivity contribution < 1.29 is 19.5 Å². The Morgan fingerprint density at radius 1 is 1.10 bits per heavy atom. The first-order chi connectivity index (χ1) is 14.5. The molecule has 3 N–H and O–H groups in total. The average Bonchev–Trinajstić information content (AvgIpc) is 3.26. The second-order valence-electron chi connectivity index (χ2n) is 8.94. The van der Waals surface area contributed by atoms with Crippen molar-refractivity contribution >= 4 is 17.6 Å². The van der Waals surface area contributed by atoms with Gasteiger partial charge in [-0.05, 0) is 75.1 Å². The molecule has 3 rings (SSSR count). The number of piperidine rings is 1. The van der Waals surface area contributed by atoms with Crippen LogP contribution in [0.1, 0.15) is 69.2 Å². The molecule has 1 atom stereocenters. The predicted octanol–water partition coefficient (Wildman–Crippen LogP) is 3.26. The number of amides is 1. The number of carbonyl (C=O) groups is 2. The number of hydrogen-bond donors (Lipinski definition) is 3. The standard InChI is InChI=1S/C23H35N3O4/c1-16(2)15-21(23(28)30-20-5-3-4-6-20)24-18-11-13-26(14-12-18)19-9-7-17(8-10-19)22(27)25-29/h7-10,16,18,20-21,24,29H,3-6,11-15H2,1-2H3,(H,25,27)/t21-/m0/s1. The molecule has 1 saturated heterocycles. The Balaban J connectivity index is 1.51. The highest BCUT2D eigenvalue weighted by Gasteiger charge is 2.29. The molecule has 166 valence electrons. The number of esters is 1. The van der Waals surface area contributed by atoms with Crippen molar-refractivity contribution in [1.82, 2.24) is 10.8 Å². The number of benzene rings is 1. The van der Waals surface area contributed by atoms with Gasteiger partial charge in [0.2, 0.25) is 0 Å². The van der Waals surface area contributed by atoms with Gasteiger partial charge in [0.1, 0.15) is 12.1 Å². The first-order valence-corrected chi connectivity index (χ1v) is 11.2. The Bertz CT molecular complexity index is 693. The van der Waals surface area contributed by atoms with Crippen LogP contribution in [0, 0.1) is 5.92 Å². The highest BCUT2D eigenvalue weighted by atomic mass is 16.5. The molecule has 1 aliphatic heterocycles. The van der Waals surface area contributed by atoms with Crippen molar-refractivity contribution in [3.8, 4) is 0 Å². The van der Waals surface area contributed by atoms with Crippen LogP contribution in [0.3, 0.4) is 0 Å². The van der Waals surface area contributed by atoms with Crippen LogP contribution in [0.5, 0.6) is 0 Å². The van der Waals surface area contributed by atoms with E-state index in [0.717, 1.165) is 63.7 Å². The predicted molar refractivity (Wildman–Crippen MR) is 116 cm³/mol. The lowest BCUT2D eigenvalue weighted by molar-refractivity contribution is -0.152. The summed E-state index contributed by atoms with van der Waals surface area (Å²) in [6, 6.07) is 7.28. The van der Waals surface area contributed by atoms with Crippen LogP contribution in [0.4, 0.5) is 5.69 Å². The molecule has 1 saturated carbocycles. The van der Waals surface area contributed by atoms with E-state index in [-0.39, 0.29) is 18.1 Å². The van der Waals surface area contributed by atoms with E-state index in [1.807, 2.05) is 12.1 Å². The van der Waals surface area contributed by atoms with Gasteiger partial charge in [0, 0.05) is 30.4 Å². The molecule has 1 aliphatic carbocycles. The third-order valence-electron chi connectivity index (χ3n) is 6.10. The first kappa shape index (κ1) is 22.6. The van der Waals surface area contributed by atoms with Crippen molar-refractivity contribution in [2.75, 3.05) is 18.0 Å². The van der Waals surface area contributed by atoms with Crippen LogP contribution in [0.2, 0.25) is 0 Å². The second kappa shape index (κ2) is 10.8. The Labute approximate surface area is 179 Å². The van der Waals surface area contributed by atoms with Crippen molar-refractivity contribution in [3.63, 3.8) is 0 Å². The van der Waals surface area contributed by atoms with E-state index in [2.05, 4.69) is 24.1 Å². The van der Waals surface area contributed by atoms with Gasteiger partial charge in [-0.25, -0.2) is 5.48 Å². The molecule has 2 aliphatic rings. The highest BCUT2D eigenvalue weighted by molar-refractivity contribution is 5.93. The summed E-state index contributed by atoms with van der Waals surface area (Å²) in [7, 11) is 0. The topological polar surface area (TPSA) is 90.9 Å². The van der Waals surface area contributed by atoms with Gasteiger partial charge in [-0.1, -0.05) is 13.8 Å². The third-order valence-corrected chi connectivity index (χ3v) is 6.10. The largest absolute Gasteiger partial charge is 0.461 e. The van der Waals surface area contributed by atoms with Crippen LogP contribution >= 0.6 is 0 Å². The van der Waals surface area contributed by atoms with Crippen LogP contribution in [-0.2, 0) is 9.53 Å². The van der Waals surface area contributed by atoms with Crippen molar-refractivity contribution in [2.24, 2.45) is 5.92 Å². The first-order valence-electron chi connectivity index (χ1n) is 11.2. The third kappa shape index (κ3) is 6.19. The van der Waals surface area contributed by atoms with E-state index in [9.17, 15) is 9.59 Å². The fourth-order valence-corrected chi connectivity index (χ4v) is 4.43. The molecule has 30 heavy (non-hydrogen) atoms. The minimum Gasteiger partial charge on any atom is -0.461 e. The summed E-state index contributed by atoms with van der Waals surface area (Å²) in [6.45, 7) is 6.05. The van der Waals surface area contributed by atoms with Crippen LogP contribution in [-0.4, -0.2) is 48.4 Å². The molecular weight excluding hydrogens is 382 g/mol. The van der Waals surface area contributed by atoms with E-state index in [1.165, 1.54) is 0 Å². The van der Waals surface area contributed by atoms with Crippen LogP contribution in [0.15, 0.2) is 24.3 Å². The van der Waals surface area contributed by atoms with E-state index in [4.69, 9.17) is 9.94 Å². The summed E-state index contributed by atoms with van der Waals surface area (Å²) < 4.78 is 5.78. The van der Waals surface area contributed by atoms with E-state index < -0.39 is 5.91 Å². The Morgan fingerprint density at radius 3 is 2.30 bits per heavy atom. The highest BCUT2D eigenvalue weighted by Crippen LogP contribution is 2.24. The summed E-state index contributed by atoms with van der Waals surface area (Å²) in [5.41, 5.74) is 3.13. The maximum atomic E-state index is 12.8. The van der Waals surface area contributed by atoms with Gasteiger partial charge in [-0.2, -0.15) is 0 Å². The molecule has 0 aromatic heterocycles. The van der Waals surface area contributed by atoms with Gasteiger partial charge in [0.25, 0.3) is 5.91 Å². The van der Waals surface area contributed by atoms with Gasteiger partial charge in [0.05, 0.1) is 0 Å². The average molecular weight is 418 g/mol. The minimum absolute atomic E-state index is 0.0872. The Kier molecular flexibility index (Phi) is 8.10. The van der Waals surface area contributed by atoms with Crippen LogP contribution < -0.4 is 15.7 Å². The molecule has 0 spiro atoms. The second-order valence-corrected chi connectivity index (χ2v) is 8.94. The zero-order valence-corrected chi connectivity index (χ0v) is 18.1. The van der Waals surface area contributed by atoms with Gasteiger partial charge in [-0.3, -0.25) is 14.8 Å². The minimum atomic E-state index is -0.509. The zero-order chi connectivity index (χ0) is 21.5. The number of hydrogen-bond acceptors (Lipinski definition) is 6. The van der Waals surface area contributed by atoms with Crippen molar-refractivity contribution in [1.29, 1.82) is 0 Å². The lowest BCUT2D eigenvalue weighted by Crippen LogP contribution is -2.50. The molecule has 0 radical (unpaired) electrons. The Hall–Kier alpha value is -2.12. The quantitative estimate of drug-likeness (QED) is 0.342. The van der Waals surface area contributed by atoms with Gasteiger partial charge in [-0.15, -0.1) is 0 Å². The zero-order valence-electron chi connectivity index (χ0n) is 18.1. The molecule has 1 amide bonds. The molecule has 7 heteroatoms. The molecule has 1 aromatic rings. The lowest BCUT2D eigenvalue weighted by Gasteiger charge is -2.36. The molecule has 2 fully saturated rings. The number of nitrogens with one attached hydrogen (secondary N) is 2. The SMILES string of the molecule is CC(C)C[C@H](NC1CCN(c2ccc(C(=O)NO)cc2)CC1)C(=O)OC1CCCC1. The molecule has 0 unspecified atom stereocenters. The summed E-state index contributed by atoms with van der Waals surface area (Å²) in [4.78, 5) is 26.5. The summed E-state index contributed by atoms with van der Waals surface area (Å²) >= 11 is 0. The van der Waals surface area contributed by atoms with Gasteiger partial charge < -0.3 is 15.0 Å². The fraction of sp³-hybridized carbons (Fsp3) is 0.652. The molecule has 1 heterocycles. The molecule has 0 bridgehead atoms. The number of hydroxylamine groups is 1. The molecule has 7 nitrogen and oxygen atoms in total. The number of ether oxygens (including phenoxy) is 1. The Morgan fingerprint density at radius 2 is 1.73 bits per heavy atom. The summed E-state index contributed by atoms with van der Waals surface area (Å²) in [6.07, 6.45) is 7.10.